The van der Waals surface area contributed by atoms with E-state index in [1.807, 2.05) is 11.7 Å². The summed E-state index contributed by atoms with van der Waals surface area (Å²) in [5.41, 5.74) is 5.03. The van der Waals surface area contributed by atoms with E-state index >= 15 is 0 Å². The quantitative estimate of drug-likeness (QED) is 0.773. The van der Waals surface area contributed by atoms with Gasteiger partial charge in [0.2, 0.25) is 0 Å². The molecule has 0 bridgehead atoms. The van der Waals surface area contributed by atoms with Crippen LogP contribution in [0.5, 0.6) is 0 Å². The van der Waals surface area contributed by atoms with Crippen LogP contribution in [0.25, 0.3) is 11.5 Å². The molecule has 3 aromatic heterocycles. The zero-order chi connectivity index (χ0) is 16.2. The standard InChI is InChI=1S/C17H20N6S/c1-7-23(10-14-11-24-12-22-14)8-2-13(1)9-15-16(19-4-3-18-15)17-20-5-6-21-17/h3-6,11-13H,1-2,7-10H2,(H,20,21). The molecule has 0 atom stereocenters. The van der Waals surface area contributed by atoms with Crippen molar-refractivity contribution in [3.05, 3.63) is 47.1 Å². The second kappa shape index (κ2) is 7.19. The Balaban J connectivity index is 1.38. The molecule has 0 aliphatic carbocycles. The van der Waals surface area contributed by atoms with Crippen molar-refractivity contribution in [2.24, 2.45) is 5.92 Å². The lowest BCUT2D eigenvalue weighted by molar-refractivity contribution is 0.175. The monoisotopic (exact) mass is 340 g/mol. The molecule has 124 valence electrons. The molecule has 1 aliphatic rings. The van der Waals surface area contributed by atoms with E-state index in [0.717, 1.165) is 43.3 Å². The molecule has 0 amide bonds. The largest absolute Gasteiger partial charge is 0.343 e. The van der Waals surface area contributed by atoms with Crippen LogP contribution in [0.1, 0.15) is 24.2 Å². The Labute approximate surface area is 145 Å². The first-order valence-corrected chi connectivity index (χ1v) is 9.22. The van der Waals surface area contributed by atoms with Gasteiger partial charge in [-0.2, -0.15) is 0 Å². The molecular formula is C17H20N6S. The summed E-state index contributed by atoms with van der Waals surface area (Å²) in [6.45, 7) is 3.22. The van der Waals surface area contributed by atoms with Crippen molar-refractivity contribution in [2.45, 2.75) is 25.8 Å². The maximum absolute atomic E-state index is 4.56. The lowest BCUT2D eigenvalue weighted by atomic mass is 9.91. The zero-order valence-corrected chi connectivity index (χ0v) is 14.2. The number of imidazole rings is 1. The summed E-state index contributed by atoms with van der Waals surface area (Å²) in [5, 5.41) is 2.14. The van der Waals surface area contributed by atoms with Gasteiger partial charge in [0.1, 0.15) is 5.69 Å². The van der Waals surface area contributed by atoms with Crippen molar-refractivity contribution < 1.29 is 0 Å². The van der Waals surface area contributed by atoms with Gasteiger partial charge in [0.25, 0.3) is 0 Å². The molecule has 1 aliphatic heterocycles. The Morgan fingerprint density at radius 3 is 2.71 bits per heavy atom. The minimum absolute atomic E-state index is 0.655. The topological polar surface area (TPSA) is 70.6 Å². The van der Waals surface area contributed by atoms with Gasteiger partial charge in [-0.25, -0.2) is 15.0 Å². The number of H-pyrrole nitrogens is 1. The molecule has 7 heteroatoms. The summed E-state index contributed by atoms with van der Waals surface area (Å²) in [6.07, 6.45) is 10.4. The first-order valence-electron chi connectivity index (χ1n) is 8.27. The normalized spacial score (nSPS) is 16.5. The van der Waals surface area contributed by atoms with Crippen LogP contribution in [0.3, 0.4) is 0 Å². The third-order valence-electron chi connectivity index (χ3n) is 4.55. The summed E-state index contributed by atoms with van der Waals surface area (Å²) in [6, 6.07) is 0. The molecular weight excluding hydrogens is 320 g/mol. The van der Waals surface area contributed by atoms with Crippen LogP contribution in [0.15, 0.2) is 35.7 Å². The number of thiazole rings is 1. The number of likely N-dealkylation sites (tertiary alicyclic amines) is 1. The van der Waals surface area contributed by atoms with E-state index < -0.39 is 0 Å². The Hall–Kier alpha value is -2.12. The summed E-state index contributed by atoms with van der Waals surface area (Å²) >= 11 is 1.67. The molecule has 0 saturated carbocycles. The van der Waals surface area contributed by atoms with E-state index in [1.165, 1.54) is 18.5 Å². The van der Waals surface area contributed by atoms with Gasteiger partial charge in [-0.05, 0) is 38.3 Å². The summed E-state index contributed by atoms with van der Waals surface area (Å²) < 4.78 is 0. The third-order valence-corrected chi connectivity index (χ3v) is 5.19. The van der Waals surface area contributed by atoms with Crippen molar-refractivity contribution in [1.82, 2.24) is 29.8 Å². The molecule has 4 rings (SSSR count). The van der Waals surface area contributed by atoms with Crippen molar-refractivity contribution in [3.8, 4) is 11.5 Å². The van der Waals surface area contributed by atoms with Crippen LogP contribution in [0, 0.1) is 5.92 Å². The van der Waals surface area contributed by atoms with E-state index in [9.17, 15) is 0 Å². The molecule has 0 spiro atoms. The van der Waals surface area contributed by atoms with E-state index in [-0.39, 0.29) is 0 Å². The van der Waals surface area contributed by atoms with Crippen molar-refractivity contribution in [3.63, 3.8) is 0 Å². The Kier molecular flexibility index (Phi) is 4.62. The molecule has 3 aromatic rings. The van der Waals surface area contributed by atoms with Crippen LogP contribution in [-0.2, 0) is 13.0 Å². The number of piperidine rings is 1. The average molecular weight is 340 g/mol. The number of rotatable bonds is 5. The number of aromatic nitrogens is 5. The first kappa shape index (κ1) is 15.4. The second-order valence-corrected chi connectivity index (χ2v) is 6.91. The molecule has 1 N–H and O–H groups in total. The van der Waals surface area contributed by atoms with Gasteiger partial charge in [-0.3, -0.25) is 9.88 Å². The van der Waals surface area contributed by atoms with Gasteiger partial charge < -0.3 is 4.98 Å². The molecule has 0 aromatic carbocycles. The van der Waals surface area contributed by atoms with Crippen LogP contribution < -0.4 is 0 Å². The van der Waals surface area contributed by atoms with Crippen LogP contribution in [0.4, 0.5) is 0 Å². The van der Waals surface area contributed by atoms with Crippen LogP contribution >= 0.6 is 11.3 Å². The van der Waals surface area contributed by atoms with Gasteiger partial charge in [0.05, 0.1) is 16.9 Å². The zero-order valence-electron chi connectivity index (χ0n) is 13.4. The Bertz CT molecular complexity index is 747. The molecule has 0 radical (unpaired) electrons. The number of aromatic amines is 1. The van der Waals surface area contributed by atoms with Crippen molar-refractivity contribution >= 4 is 11.3 Å². The number of hydrogen-bond acceptors (Lipinski definition) is 6. The van der Waals surface area contributed by atoms with Gasteiger partial charge in [0.15, 0.2) is 5.82 Å². The molecule has 24 heavy (non-hydrogen) atoms. The Morgan fingerprint density at radius 2 is 1.96 bits per heavy atom. The maximum Gasteiger partial charge on any atom is 0.157 e. The van der Waals surface area contributed by atoms with E-state index in [1.54, 1.807) is 29.9 Å². The van der Waals surface area contributed by atoms with E-state index in [0.29, 0.717) is 5.92 Å². The number of hydrogen-bond donors (Lipinski definition) is 1. The van der Waals surface area contributed by atoms with Crippen molar-refractivity contribution in [2.75, 3.05) is 13.1 Å². The molecule has 1 saturated heterocycles. The molecule has 6 nitrogen and oxygen atoms in total. The first-order chi connectivity index (χ1) is 11.9. The predicted molar refractivity (Wildman–Crippen MR) is 93.4 cm³/mol. The fourth-order valence-corrected chi connectivity index (χ4v) is 3.83. The third kappa shape index (κ3) is 3.52. The van der Waals surface area contributed by atoms with Crippen LogP contribution in [-0.4, -0.2) is 42.9 Å². The van der Waals surface area contributed by atoms with Gasteiger partial charge >= 0.3 is 0 Å². The van der Waals surface area contributed by atoms with Gasteiger partial charge in [0, 0.05) is 36.7 Å². The highest BCUT2D eigenvalue weighted by Gasteiger charge is 2.22. The van der Waals surface area contributed by atoms with Crippen molar-refractivity contribution in [1.29, 1.82) is 0 Å². The highest BCUT2D eigenvalue weighted by molar-refractivity contribution is 7.07. The highest BCUT2D eigenvalue weighted by Crippen LogP contribution is 2.25. The fraction of sp³-hybridized carbons (Fsp3) is 0.412. The summed E-state index contributed by atoms with van der Waals surface area (Å²) in [4.78, 5) is 23.4. The SMILES string of the molecule is c1c[nH]c(-c2nccnc2CC2CCN(Cc3cscn3)CC2)n1. The molecule has 1 fully saturated rings. The second-order valence-electron chi connectivity index (χ2n) is 6.19. The fourth-order valence-electron chi connectivity index (χ4n) is 3.28. The van der Waals surface area contributed by atoms with Crippen LogP contribution in [0.2, 0.25) is 0 Å². The van der Waals surface area contributed by atoms with E-state index in [2.05, 4.69) is 35.2 Å². The Morgan fingerprint density at radius 1 is 1.08 bits per heavy atom. The number of nitrogens with zero attached hydrogens (tertiary/aromatic N) is 5. The minimum Gasteiger partial charge on any atom is -0.343 e. The van der Waals surface area contributed by atoms with E-state index in [4.69, 9.17) is 0 Å². The molecule has 0 unspecified atom stereocenters. The molecule has 4 heterocycles. The lowest BCUT2D eigenvalue weighted by Crippen LogP contribution is -2.34. The number of nitrogens with one attached hydrogen (secondary N) is 1. The average Bonchev–Trinajstić information content (AvgIpc) is 3.31. The van der Waals surface area contributed by atoms with Gasteiger partial charge in [-0.15, -0.1) is 11.3 Å². The lowest BCUT2D eigenvalue weighted by Gasteiger charge is -2.31. The minimum atomic E-state index is 0.655. The predicted octanol–water partition coefficient (Wildman–Crippen LogP) is 2.78. The highest BCUT2D eigenvalue weighted by atomic mass is 32.1. The summed E-state index contributed by atoms with van der Waals surface area (Å²) in [7, 11) is 0. The summed E-state index contributed by atoms with van der Waals surface area (Å²) in [5.74, 6) is 1.46. The maximum atomic E-state index is 4.56. The van der Waals surface area contributed by atoms with Gasteiger partial charge in [-0.1, -0.05) is 0 Å². The smallest absolute Gasteiger partial charge is 0.157 e.